The fourth-order valence-electron chi connectivity index (χ4n) is 3.65. The van der Waals surface area contributed by atoms with Crippen molar-refractivity contribution in [2.24, 2.45) is 0 Å². The van der Waals surface area contributed by atoms with Crippen molar-refractivity contribution in [3.05, 3.63) is 65.2 Å². The highest BCUT2D eigenvalue weighted by Crippen LogP contribution is 2.25. The summed E-state index contributed by atoms with van der Waals surface area (Å²) in [4.78, 5) is 17.0. The number of rotatable bonds is 6. The minimum absolute atomic E-state index is 0.0214. The van der Waals surface area contributed by atoms with Crippen LogP contribution in [0.4, 0.5) is 0 Å². The first-order chi connectivity index (χ1) is 13.5. The number of aryl methyl sites for hydroxylation is 4. The van der Waals surface area contributed by atoms with Crippen LogP contribution in [0.2, 0.25) is 0 Å². The quantitative estimate of drug-likeness (QED) is 0.506. The lowest BCUT2D eigenvalue weighted by Gasteiger charge is -2.08. The summed E-state index contributed by atoms with van der Waals surface area (Å²) in [5.74, 6) is 1.02. The van der Waals surface area contributed by atoms with Gasteiger partial charge >= 0.3 is 0 Å². The van der Waals surface area contributed by atoms with Crippen LogP contribution in [0.25, 0.3) is 22.0 Å². The Balaban J connectivity index is 1.34. The van der Waals surface area contributed by atoms with Gasteiger partial charge in [0.05, 0.1) is 23.7 Å². The van der Waals surface area contributed by atoms with Crippen LogP contribution in [0, 0.1) is 20.8 Å². The summed E-state index contributed by atoms with van der Waals surface area (Å²) in [6.07, 6.45) is 2.89. The van der Waals surface area contributed by atoms with Crippen molar-refractivity contribution in [3.63, 3.8) is 0 Å². The molecule has 0 atom stereocenters. The van der Waals surface area contributed by atoms with Gasteiger partial charge in [0.1, 0.15) is 11.4 Å². The number of carbonyl (C=O) groups excluding carboxylic acids is 1. The van der Waals surface area contributed by atoms with E-state index < -0.39 is 0 Å². The second-order valence-electron chi connectivity index (χ2n) is 7.37. The normalized spacial score (nSPS) is 11.4. The number of benzene rings is 2. The number of aromatic nitrogens is 2. The average molecular weight is 375 g/mol. The maximum absolute atomic E-state index is 12.4. The number of carbonyl (C=O) groups is 1. The van der Waals surface area contributed by atoms with Crippen molar-refractivity contribution in [2.75, 3.05) is 6.54 Å². The second-order valence-corrected chi connectivity index (χ2v) is 7.37. The number of furan rings is 1. The Bertz CT molecular complexity index is 1150. The van der Waals surface area contributed by atoms with Crippen LogP contribution >= 0.6 is 0 Å². The number of imidazole rings is 1. The molecule has 5 nitrogen and oxygen atoms in total. The molecule has 0 saturated carbocycles. The smallest absolute Gasteiger partial charge is 0.224 e. The number of nitrogens with one attached hydrogen (secondary N) is 1. The predicted octanol–water partition coefficient (Wildman–Crippen LogP) is 4.46. The second kappa shape index (κ2) is 7.50. The van der Waals surface area contributed by atoms with Gasteiger partial charge in [-0.15, -0.1) is 0 Å². The molecule has 28 heavy (non-hydrogen) atoms. The maximum atomic E-state index is 12.4. The van der Waals surface area contributed by atoms with E-state index in [1.807, 2.05) is 31.2 Å². The first kappa shape index (κ1) is 18.3. The Morgan fingerprint density at radius 2 is 1.93 bits per heavy atom. The topological polar surface area (TPSA) is 60.1 Å². The van der Waals surface area contributed by atoms with E-state index in [1.54, 1.807) is 6.26 Å². The van der Waals surface area contributed by atoms with Crippen molar-refractivity contribution in [1.29, 1.82) is 0 Å². The number of hydrogen-bond donors (Lipinski definition) is 1. The lowest BCUT2D eigenvalue weighted by molar-refractivity contribution is -0.120. The highest BCUT2D eigenvalue weighted by Gasteiger charge is 2.12. The molecule has 5 heteroatoms. The minimum Gasteiger partial charge on any atom is -0.464 e. The Morgan fingerprint density at radius 1 is 1.14 bits per heavy atom. The van der Waals surface area contributed by atoms with Gasteiger partial charge in [0, 0.05) is 24.0 Å². The Hall–Kier alpha value is -3.08. The standard InChI is InChI=1S/C23H25N3O2/c1-15-11-19-18(14-28-22(19)12-16(15)2)13-23(27)24-9-6-10-26-17(3)25-20-7-4-5-8-21(20)26/h4-5,7-8,11-12,14H,6,9-10,13H2,1-3H3,(H,24,27). The number of nitrogens with zero attached hydrogens (tertiary/aromatic N) is 2. The average Bonchev–Trinajstić information content (AvgIpc) is 3.19. The van der Waals surface area contributed by atoms with Gasteiger partial charge in [-0.3, -0.25) is 4.79 Å². The van der Waals surface area contributed by atoms with Crippen LogP contribution < -0.4 is 5.32 Å². The molecule has 0 fully saturated rings. The maximum Gasteiger partial charge on any atom is 0.224 e. The summed E-state index contributed by atoms with van der Waals surface area (Å²) < 4.78 is 7.83. The van der Waals surface area contributed by atoms with E-state index in [2.05, 4.69) is 40.8 Å². The molecule has 0 bridgehead atoms. The third-order valence-electron chi connectivity index (χ3n) is 5.35. The van der Waals surface area contributed by atoms with Crippen molar-refractivity contribution >= 4 is 27.9 Å². The fraction of sp³-hybridized carbons (Fsp3) is 0.304. The molecule has 144 valence electrons. The summed E-state index contributed by atoms with van der Waals surface area (Å²) in [6.45, 7) is 7.63. The van der Waals surface area contributed by atoms with Crippen LogP contribution in [0.3, 0.4) is 0 Å². The molecule has 4 aromatic rings. The van der Waals surface area contributed by atoms with Crippen LogP contribution in [0.1, 0.15) is 28.9 Å². The minimum atomic E-state index is 0.0214. The molecular weight excluding hydrogens is 350 g/mol. The predicted molar refractivity (Wildman–Crippen MR) is 111 cm³/mol. The van der Waals surface area contributed by atoms with Crippen molar-refractivity contribution in [3.8, 4) is 0 Å². The monoisotopic (exact) mass is 375 g/mol. The lowest BCUT2D eigenvalue weighted by atomic mass is 10.0. The van der Waals surface area contributed by atoms with Gasteiger partial charge in [-0.05, 0) is 62.6 Å². The molecule has 0 radical (unpaired) electrons. The molecule has 0 saturated heterocycles. The summed E-state index contributed by atoms with van der Waals surface area (Å²) in [5.41, 5.74) is 6.34. The van der Waals surface area contributed by atoms with E-state index in [-0.39, 0.29) is 5.91 Å². The van der Waals surface area contributed by atoms with Gasteiger partial charge in [0.25, 0.3) is 0 Å². The van der Waals surface area contributed by atoms with Crippen molar-refractivity contribution < 1.29 is 9.21 Å². The summed E-state index contributed by atoms with van der Waals surface area (Å²) in [6, 6.07) is 12.3. The van der Waals surface area contributed by atoms with Gasteiger partial charge in [-0.25, -0.2) is 4.98 Å². The highest BCUT2D eigenvalue weighted by molar-refractivity contribution is 5.88. The zero-order valence-electron chi connectivity index (χ0n) is 16.6. The zero-order valence-corrected chi connectivity index (χ0v) is 16.6. The van der Waals surface area contributed by atoms with Crippen LogP contribution in [-0.2, 0) is 17.8 Å². The van der Waals surface area contributed by atoms with Crippen molar-refractivity contribution in [2.45, 2.75) is 40.2 Å². The van der Waals surface area contributed by atoms with Gasteiger partial charge in [-0.2, -0.15) is 0 Å². The first-order valence-electron chi connectivity index (χ1n) is 9.69. The molecule has 0 aliphatic rings. The Labute approximate surface area is 164 Å². The molecule has 0 unspecified atom stereocenters. The van der Waals surface area contributed by atoms with Gasteiger partial charge < -0.3 is 14.3 Å². The summed E-state index contributed by atoms with van der Waals surface area (Å²) >= 11 is 0. The zero-order chi connectivity index (χ0) is 19.7. The molecule has 0 aliphatic heterocycles. The van der Waals surface area contributed by atoms with Gasteiger partial charge in [0.2, 0.25) is 5.91 Å². The first-order valence-corrected chi connectivity index (χ1v) is 9.69. The molecule has 0 spiro atoms. The van der Waals surface area contributed by atoms with E-state index in [0.29, 0.717) is 13.0 Å². The third kappa shape index (κ3) is 3.52. The fourth-order valence-corrected chi connectivity index (χ4v) is 3.65. The number of hydrogen-bond acceptors (Lipinski definition) is 3. The van der Waals surface area contributed by atoms with E-state index >= 15 is 0 Å². The van der Waals surface area contributed by atoms with Crippen LogP contribution in [-0.4, -0.2) is 22.0 Å². The van der Waals surface area contributed by atoms with E-state index in [9.17, 15) is 4.79 Å². The largest absolute Gasteiger partial charge is 0.464 e. The van der Waals surface area contributed by atoms with E-state index in [0.717, 1.165) is 46.4 Å². The molecule has 0 aliphatic carbocycles. The summed E-state index contributed by atoms with van der Waals surface area (Å²) in [5, 5.41) is 4.05. The molecular formula is C23H25N3O2. The van der Waals surface area contributed by atoms with Gasteiger partial charge in [0.15, 0.2) is 0 Å². The molecule has 4 rings (SSSR count). The SMILES string of the molecule is Cc1cc2occ(CC(=O)NCCCn3c(C)nc4ccccc43)c2cc1C. The number of amides is 1. The lowest BCUT2D eigenvalue weighted by Crippen LogP contribution is -2.26. The highest BCUT2D eigenvalue weighted by atomic mass is 16.3. The molecule has 1 N–H and O–H groups in total. The van der Waals surface area contributed by atoms with Gasteiger partial charge in [-0.1, -0.05) is 12.1 Å². The third-order valence-corrected chi connectivity index (χ3v) is 5.35. The van der Waals surface area contributed by atoms with Crippen LogP contribution in [0.5, 0.6) is 0 Å². The molecule has 2 heterocycles. The Kier molecular flexibility index (Phi) is 4.90. The molecule has 1 amide bonds. The van der Waals surface area contributed by atoms with E-state index in [1.165, 1.54) is 11.1 Å². The number of fused-ring (bicyclic) bond motifs is 2. The summed E-state index contributed by atoms with van der Waals surface area (Å²) in [7, 11) is 0. The van der Waals surface area contributed by atoms with Crippen LogP contribution in [0.15, 0.2) is 47.1 Å². The Morgan fingerprint density at radius 3 is 2.79 bits per heavy atom. The molecule has 2 aromatic carbocycles. The van der Waals surface area contributed by atoms with Crippen molar-refractivity contribution in [1.82, 2.24) is 14.9 Å². The van der Waals surface area contributed by atoms with E-state index in [4.69, 9.17) is 4.42 Å². The molecule has 2 aromatic heterocycles. The number of para-hydroxylation sites is 2.